The highest BCUT2D eigenvalue weighted by molar-refractivity contribution is 6.06. The van der Waals surface area contributed by atoms with Crippen LogP contribution in [0.3, 0.4) is 0 Å². The van der Waals surface area contributed by atoms with Gasteiger partial charge in [0.25, 0.3) is 0 Å². The number of hydrogen-bond donors (Lipinski definition) is 2. The van der Waals surface area contributed by atoms with Crippen molar-refractivity contribution in [3.8, 4) is 0 Å². The fourth-order valence-electron chi connectivity index (χ4n) is 3.49. The first-order chi connectivity index (χ1) is 14.7. The summed E-state index contributed by atoms with van der Waals surface area (Å²) >= 11 is 0. The van der Waals surface area contributed by atoms with Crippen LogP contribution in [0.2, 0.25) is 0 Å². The zero-order valence-corrected chi connectivity index (χ0v) is 16.8. The molecule has 2 aromatic heterocycles. The molecular formula is C23H25N5O2. The number of amides is 1. The first-order valence-electron chi connectivity index (χ1n) is 10.1. The van der Waals surface area contributed by atoms with Crippen LogP contribution in [-0.2, 0) is 22.5 Å². The maximum Gasteiger partial charge on any atom is 0.220 e. The number of carbonyl (C=O) groups is 1. The Morgan fingerprint density at radius 2 is 1.87 bits per heavy atom. The van der Waals surface area contributed by atoms with E-state index in [0.717, 1.165) is 22.8 Å². The molecule has 0 aliphatic heterocycles. The van der Waals surface area contributed by atoms with Gasteiger partial charge in [-0.25, -0.2) is 9.97 Å². The van der Waals surface area contributed by atoms with Gasteiger partial charge >= 0.3 is 0 Å². The van der Waals surface area contributed by atoms with Crippen molar-refractivity contribution in [1.29, 1.82) is 0 Å². The van der Waals surface area contributed by atoms with Gasteiger partial charge < -0.3 is 20.4 Å². The monoisotopic (exact) mass is 403 g/mol. The van der Waals surface area contributed by atoms with Crippen LogP contribution in [0.1, 0.15) is 12.0 Å². The number of carbonyl (C=O) groups excluding carboxylic acids is 1. The molecule has 4 rings (SSSR count). The van der Waals surface area contributed by atoms with E-state index in [9.17, 15) is 4.79 Å². The number of aromatic nitrogens is 3. The van der Waals surface area contributed by atoms with Gasteiger partial charge in [0.15, 0.2) is 5.82 Å². The molecule has 0 radical (unpaired) electrons. The number of fused-ring (bicyclic) bond motifs is 3. The lowest BCUT2D eigenvalue weighted by Gasteiger charge is -2.09. The average Bonchev–Trinajstić information content (AvgIpc) is 3.20. The van der Waals surface area contributed by atoms with E-state index in [2.05, 4.69) is 15.3 Å². The highest BCUT2D eigenvalue weighted by atomic mass is 16.5. The average molecular weight is 403 g/mol. The van der Waals surface area contributed by atoms with Crippen LogP contribution in [0.25, 0.3) is 21.9 Å². The number of aryl methyl sites for hydroxylation is 1. The van der Waals surface area contributed by atoms with Gasteiger partial charge in [-0.2, -0.15) is 0 Å². The van der Waals surface area contributed by atoms with Crippen molar-refractivity contribution in [2.24, 2.45) is 0 Å². The van der Waals surface area contributed by atoms with Crippen LogP contribution in [0.4, 0.5) is 5.82 Å². The van der Waals surface area contributed by atoms with Gasteiger partial charge in [0.1, 0.15) is 5.52 Å². The molecule has 0 saturated heterocycles. The minimum absolute atomic E-state index is 0.0394. The molecule has 0 fully saturated rings. The van der Waals surface area contributed by atoms with Gasteiger partial charge in [-0.3, -0.25) is 4.79 Å². The molecule has 0 aliphatic rings. The molecule has 0 bridgehead atoms. The number of imidazole rings is 1. The molecule has 0 unspecified atom stereocenters. The summed E-state index contributed by atoms with van der Waals surface area (Å²) in [5, 5.41) is 3.92. The second kappa shape index (κ2) is 9.37. The molecule has 2 aromatic carbocycles. The van der Waals surface area contributed by atoms with Crippen LogP contribution in [0.5, 0.6) is 0 Å². The predicted octanol–water partition coefficient (Wildman–Crippen LogP) is 2.93. The van der Waals surface area contributed by atoms with E-state index in [0.29, 0.717) is 44.1 Å². The van der Waals surface area contributed by atoms with Crippen molar-refractivity contribution in [3.63, 3.8) is 0 Å². The summed E-state index contributed by atoms with van der Waals surface area (Å²) in [6.45, 7) is 2.13. The Hall–Kier alpha value is -3.45. The molecule has 2 heterocycles. The fourth-order valence-corrected chi connectivity index (χ4v) is 3.49. The van der Waals surface area contributed by atoms with Crippen molar-refractivity contribution in [2.45, 2.75) is 19.4 Å². The zero-order valence-electron chi connectivity index (χ0n) is 16.8. The van der Waals surface area contributed by atoms with E-state index in [1.54, 1.807) is 6.33 Å². The molecule has 154 valence electrons. The summed E-state index contributed by atoms with van der Waals surface area (Å²) in [6.07, 6.45) is 2.99. The predicted molar refractivity (Wildman–Crippen MR) is 118 cm³/mol. The van der Waals surface area contributed by atoms with Gasteiger partial charge in [0.2, 0.25) is 5.91 Å². The maximum atomic E-state index is 11.9. The number of benzene rings is 2. The lowest BCUT2D eigenvalue weighted by Crippen LogP contribution is -2.27. The molecule has 3 N–H and O–H groups in total. The number of ether oxygens (including phenoxy) is 1. The van der Waals surface area contributed by atoms with Gasteiger partial charge in [0, 0.05) is 24.9 Å². The van der Waals surface area contributed by atoms with Crippen molar-refractivity contribution in [3.05, 3.63) is 66.5 Å². The summed E-state index contributed by atoms with van der Waals surface area (Å²) in [7, 11) is 0. The molecule has 7 heteroatoms. The molecule has 1 amide bonds. The Morgan fingerprint density at radius 1 is 1.07 bits per heavy atom. The van der Waals surface area contributed by atoms with Gasteiger partial charge in [-0.15, -0.1) is 0 Å². The second-order valence-electron chi connectivity index (χ2n) is 7.10. The van der Waals surface area contributed by atoms with Gasteiger partial charge in [0.05, 0.1) is 30.6 Å². The molecule has 4 aromatic rings. The summed E-state index contributed by atoms with van der Waals surface area (Å²) in [4.78, 5) is 20.8. The normalized spacial score (nSPS) is 11.2. The Labute approximate surface area is 174 Å². The van der Waals surface area contributed by atoms with Crippen LogP contribution in [-0.4, -0.2) is 40.2 Å². The molecule has 7 nitrogen and oxygen atoms in total. The minimum Gasteiger partial charge on any atom is -0.382 e. The molecular weight excluding hydrogens is 378 g/mol. The number of anilines is 1. The molecule has 0 spiro atoms. The van der Waals surface area contributed by atoms with E-state index in [1.807, 2.05) is 59.2 Å². The highest BCUT2D eigenvalue weighted by Gasteiger charge is 2.11. The van der Waals surface area contributed by atoms with Crippen molar-refractivity contribution in [1.82, 2.24) is 19.9 Å². The highest BCUT2D eigenvalue weighted by Crippen LogP contribution is 2.26. The number of hydrogen-bond acceptors (Lipinski definition) is 5. The SMILES string of the molecule is Nc1nc2ccccc2c2c1ncn2CCOCCNC(=O)CCc1ccccc1. The molecule has 0 saturated carbocycles. The minimum atomic E-state index is 0.0394. The third-order valence-electron chi connectivity index (χ3n) is 5.01. The topological polar surface area (TPSA) is 95.1 Å². The van der Waals surface area contributed by atoms with Crippen LogP contribution in [0, 0.1) is 0 Å². The lowest BCUT2D eigenvalue weighted by atomic mass is 10.1. The number of nitrogens with zero attached hydrogens (tertiary/aromatic N) is 3. The largest absolute Gasteiger partial charge is 0.382 e. The number of nitrogen functional groups attached to an aromatic ring is 1. The van der Waals surface area contributed by atoms with E-state index in [4.69, 9.17) is 10.5 Å². The van der Waals surface area contributed by atoms with E-state index >= 15 is 0 Å². The standard InChI is InChI=1S/C23H25N5O2/c24-23-21-22(18-8-4-5-9-19(18)27-23)28(16-26-21)13-15-30-14-12-25-20(29)11-10-17-6-2-1-3-7-17/h1-9,16H,10-15H2,(H2,24,27)(H,25,29). The Balaban J connectivity index is 1.23. The van der Waals surface area contributed by atoms with Gasteiger partial charge in [-0.1, -0.05) is 48.5 Å². The molecule has 0 atom stereocenters. The number of nitrogens with one attached hydrogen (secondary N) is 1. The third-order valence-corrected chi connectivity index (χ3v) is 5.01. The molecule has 30 heavy (non-hydrogen) atoms. The number of rotatable bonds is 9. The van der Waals surface area contributed by atoms with E-state index < -0.39 is 0 Å². The quantitative estimate of drug-likeness (QED) is 0.419. The first kappa shape index (κ1) is 19.8. The summed E-state index contributed by atoms with van der Waals surface area (Å²) in [6, 6.07) is 17.9. The maximum absolute atomic E-state index is 11.9. The number of pyridine rings is 1. The smallest absolute Gasteiger partial charge is 0.220 e. The lowest BCUT2D eigenvalue weighted by molar-refractivity contribution is -0.121. The number of para-hydroxylation sites is 1. The first-order valence-corrected chi connectivity index (χ1v) is 10.1. The van der Waals surface area contributed by atoms with Crippen LogP contribution < -0.4 is 11.1 Å². The molecule has 0 aliphatic carbocycles. The Kier molecular flexibility index (Phi) is 6.20. The van der Waals surface area contributed by atoms with Gasteiger partial charge in [-0.05, 0) is 18.1 Å². The van der Waals surface area contributed by atoms with Crippen molar-refractivity contribution >= 4 is 33.7 Å². The summed E-state index contributed by atoms with van der Waals surface area (Å²) in [5.74, 6) is 0.471. The van der Waals surface area contributed by atoms with E-state index in [1.165, 1.54) is 5.56 Å². The van der Waals surface area contributed by atoms with Crippen LogP contribution in [0.15, 0.2) is 60.9 Å². The summed E-state index contributed by atoms with van der Waals surface area (Å²) in [5.41, 5.74) is 9.75. The van der Waals surface area contributed by atoms with Crippen molar-refractivity contribution in [2.75, 3.05) is 25.5 Å². The Morgan fingerprint density at radius 3 is 2.73 bits per heavy atom. The fraction of sp³-hybridized carbons (Fsp3) is 0.261. The second-order valence-corrected chi connectivity index (χ2v) is 7.10. The number of nitrogens with two attached hydrogens (primary N) is 1. The summed E-state index contributed by atoms with van der Waals surface area (Å²) < 4.78 is 7.74. The zero-order chi connectivity index (χ0) is 20.8. The van der Waals surface area contributed by atoms with Crippen molar-refractivity contribution < 1.29 is 9.53 Å². The van der Waals surface area contributed by atoms with Crippen LogP contribution >= 0.6 is 0 Å². The van der Waals surface area contributed by atoms with E-state index in [-0.39, 0.29) is 5.91 Å². The third kappa shape index (κ3) is 4.58. The Bertz CT molecular complexity index is 1140.